The molecule has 3 aromatic rings. The highest BCUT2D eigenvalue weighted by Crippen LogP contribution is 2.48. The molecule has 0 amide bonds. The van der Waals surface area contributed by atoms with Crippen molar-refractivity contribution in [2.24, 2.45) is 0 Å². The van der Waals surface area contributed by atoms with Gasteiger partial charge in [0.25, 0.3) is 6.29 Å². The van der Waals surface area contributed by atoms with Gasteiger partial charge in [-0.1, -0.05) is 6.07 Å². The highest BCUT2D eigenvalue weighted by molar-refractivity contribution is 5.98. The van der Waals surface area contributed by atoms with Gasteiger partial charge < -0.3 is 23.4 Å². The predicted molar refractivity (Wildman–Crippen MR) is 90.5 cm³/mol. The zero-order chi connectivity index (χ0) is 17.1. The van der Waals surface area contributed by atoms with Crippen molar-refractivity contribution in [3.05, 3.63) is 52.4 Å². The number of ether oxygens (including phenoxy) is 4. The summed E-state index contributed by atoms with van der Waals surface area (Å²) < 4.78 is 28.2. The third kappa shape index (κ3) is 1.76. The van der Waals surface area contributed by atoms with E-state index in [0.717, 1.165) is 5.56 Å². The second kappa shape index (κ2) is 4.92. The Morgan fingerprint density at radius 1 is 1.08 bits per heavy atom. The SMILES string of the molecule is COc1cccc2oc3c4c(cc(OC)c3c(=O)c12)O[C@H]1OC=CC41. The number of fused-ring (bicyclic) bond motifs is 6. The van der Waals surface area contributed by atoms with Crippen molar-refractivity contribution in [1.82, 2.24) is 0 Å². The Balaban J connectivity index is 1.98. The van der Waals surface area contributed by atoms with Gasteiger partial charge in [0.05, 0.1) is 32.0 Å². The van der Waals surface area contributed by atoms with Crippen LogP contribution >= 0.6 is 0 Å². The van der Waals surface area contributed by atoms with Gasteiger partial charge in [0, 0.05) is 6.07 Å². The molecule has 2 aromatic carbocycles. The predicted octanol–water partition coefficient (Wildman–Crippen LogP) is 3.31. The Morgan fingerprint density at radius 2 is 1.92 bits per heavy atom. The lowest BCUT2D eigenvalue weighted by Crippen LogP contribution is -2.14. The first kappa shape index (κ1) is 14.2. The molecule has 1 aromatic heterocycles. The number of methoxy groups -OCH3 is 2. The van der Waals surface area contributed by atoms with Crippen molar-refractivity contribution in [2.45, 2.75) is 12.2 Å². The molecule has 0 bridgehead atoms. The quantitative estimate of drug-likeness (QED) is 0.668. The highest BCUT2D eigenvalue weighted by atomic mass is 16.7. The molecule has 2 atom stereocenters. The Bertz CT molecular complexity index is 1110. The second-order valence-corrected chi connectivity index (χ2v) is 5.94. The molecule has 0 saturated heterocycles. The van der Waals surface area contributed by atoms with E-state index in [9.17, 15) is 4.79 Å². The molecule has 1 unspecified atom stereocenters. The average molecular weight is 338 g/mol. The number of hydrogen-bond donors (Lipinski definition) is 0. The Morgan fingerprint density at radius 3 is 2.72 bits per heavy atom. The van der Waals surface area contributed by atoms with Crippen LogP contribution in [-0.4, -0.2) is 20.5 Å². The van der Waals surface area contributed by atoms with Crippen molar-refractivity contribution in [3.8, 4) is 17.2 Å². The first-order valence-corrected chi connectivity index (χ1v) is 7.86. The molecule has 0 spiro atoms. The maximum atomic E-state index is 13.2. The molecule has 0 radical (unpaired) electrons. The fraction of sp³-hybridized carbons (Fsp3) is 0.211. The topological polar surface area (TPSA) is 67.1 Å². The molecule has 25 heavy (non-hydrogen) atoms. The van der Waals surface area contributed by atoms with E-state index >= 15 is 0 Å². The largest absolute Gasteiger partial charge is 0.496 e. The molecule has 2 aliphatic rings. The molecule has 6 heteroatoms. The highest BCUT2D eigenvalue weighted by Gasteiger charge is 2.40. The summed E-state index contributed by atoms with van der Waals surface area (Å²) in [6.07, 6.45) is 3.07. The molecule has 0 aliphatic carbocycles. The van der Waals surface area contributed by atoms with Gasteiger partial charge in [0.15, 0.2) is 0 Å². The Hall–Kier alpha value is -3.15. The van der Waals surface area contributed by atoms with Gasteiger partial charge >= 0.3 is 0 Å². The summed E-state index contributed by atoms with van der Waals surface area (Å²) in [7, 11) is 3.04. The van der Waals surface area contributed by atoms with Crippen molar-refractivity contribution in [3.63, 3.8) is 0 Å². The van der Waals surface area contributed by atoms with Crippen LogP contribution in [0.15, 0.2) is 45.8 Å². The van der Waals surface area contributed by atoms with Gasteiger partial charge in [-0.05, 0) is 18.2 Å². The maximum absolute atomic E-state index is 13.2. The lowest BCUT2D eigenvalue weighted by atomic mass is 9.97. The first-order chi connectivity index (χ1) is 12.2. The summed E-state index contributed by atoms with van der Waals surface area (Å²) in [5.74, 6) is 1.36. The van der Waals surface area contributed by atoms with Crippen molar-refractivity contribution < 1.29 is 23.4 Å². The van der Waals surface area contributed by atoms with Gasteiger partial charge in [-0.15, -0.1) is 0 Å². The number of benzene rings is 2. The van der Waals surface area contributed by atoms with E-state index in [1.165, 1.54) is 14.2 Å². The average Bonchev–Trinajstić information content (AvgIpc) is 3.20. The molecule has 2 aliphatic heterocycles. The van der Waals surface area contributed by atoms with E-state index in [4.69, 9.17) is 23.4 Å². The first-order valence-electron chi connectivity index (χ1n) is 7.86. The van der Waals surface area contributed by atoms with Crippen LogP contribution in [0.1, 0.15) is 11.5 Å². The van der Waals surface area contributed by atoms with E-state index in [0.29, 0.717) is 39.2 Å². The van der Waals surface area contributed by atoms with E-state index in [1.54, 1.807) is 30.5 Å². The lowest BCUT2D eigenvalue weighted by Gasteiger charge is -2.12. The van der Waals surface area contributed by atoms with Crippen LogP contribution in [-0.2, 0) is 4.74 Å². The fourth-order valence-electron chi connectivity index (χ4n) is 3.59. The summed E-state index contributed by atoms with van der Waals surface area (Å²) in [5.41, 5.74) is 1.53. The van der Waals surface area contributed by atoms with E-state index in [-0.39, 0.29) is 11.3 Å². The molecular weight excluding hydrogens is 324 g/mol. The summed E-state index contributed by atoms with van der Waals surface area (Å²) in [6.45, 7) is 0. The smallest absolute Gasteiger partial charge is 0.250 e. The molecular formula is C19H14O6. The van der Waals surface area contributed by atoms with Crippen LogP contribution in [0.2, 0.25) is 0 Å². The summed E-state index contributed by atoms with van der Waals surface area (Å²) in [6, 6.07) is 6.98. The van der Waals surface area contributed by atoms with Crippen molar-refractivity contribution >= 4 is 21.9 Å². The molecule has 0 saturated carbocycles. The molecule has 5 rings (SSSR count). The third-order valence-corrected chi connectivity index (χ3v) is 4.71. The van der Waals surface area contributed by atoms with Gasteiger partial charge in [-0.25, -0.2) is 0 Å². The van der Waals surface area contributed by atoms with Gasteiger partial charge in [-0.3, -0.25) is 4.79 Å². The third-order valence-electron chi connectivity index (χ3n) is 4.71. The van der Waals surface area contributed by atoms with Crippen molar-refractivity contribution in [2.75, 3.05) is 14.2 Å². The van der Waals surface area contributed by atoms with Crippen LogP contribution in [0.5, 0.6) is 17.2 Å². The van der Waals surface area contributed by atoms with Crippen LogP contribution < -0.4 is 19.6 Å². The van der Waals surface area contributed by atoms with Gasteiger partial charge in [0.1, 0.15) is 39.2 Å². The van der Waals surface area contributed by atoms with Gasteiger partial charge in [-0.2, -0.15) is 0 Å². The maximum Gasteiger partial charge on any atom is 0.250 e. The number of hydrogen-bond acceptors (Lipinski definition) is 6. The van der Waals surface area contributed by atoms with E-state index < -0.39 is 6.29 Å². The van der Waals surface area contributed by atoms with E-state index in [1.807, 2.05) is 6.08 Å². The number of rotatable bonds is 2. The zero-order valence-electron chi connectivity index (χ0n) is 13.6. The fourth-order valence-corrected chi connectivity index (χ4v) is 3.59. The standard InChI is InChI=1S/C19H14O6/c1-21-10-4-3-5-11-15(10)17(20)16-12(22-2)8-13-14(18(16)24-11)9-6-7-23-19(9)25-13/h3-9,19H,1-2H3/t9?,19-/m1/s1. The summed E-state index contributed by atoms with van der Waals surface area (Å²) in [5, 5.41) is 0.771. The second-order valence-electron chi connectivity index (χ2n) is 5.94. The molecule has 0 fully saturated rings. The van der Waals surface area contributed by atoms with E-state index in [2.05, 4.69) is 0 Å². The molecule has 0 N–H and O–H groups in total. The van der Waals surface area contributed by atoms with Crippen LogP contribution in [0.25, 0.3) is 21.9 Å². The molecule has 3 heterocycles. The zero-order valence-corrected chi connectivity index (χ0v) is 13.6. The monoisotopic (exact) mass is 338 g/mol. The lowest BCUT2D eigenvalue weighted by molar-refractivity contribution is -0.00484. The Kier molecular flexibility index (Phi) is 2.80. The van der Waals surface area contributed by atoms with Crippen molar-refractivity contribution in [1.29, 1.82) is 0 Å². The minimum Gasteiger partial charge on any atom is -0.496 e. The minimum atomic E-state index is -0.434. The van der Waals surface area contributed by atoms with Crippen LogP contribution in [0, 0.1) is 0 Å². The summed E-state index contributed by atoms with van der Waals surface area (Å²) in [4.78, 5) is 13.2. The normalized spacial score (nSPS) is 20.2. The molecule has 6 nitrogen and oxygen atoms in total. The molecule has 126 valence electrons. The summed E-state index contributed by atoms with van der Waals surface area (Å²) >= 11 is 0. The van der Waals surface area contributed by atoms with Crippen LogP contribution in [0.3, 0.4) is 0 Å². The van der Waals surface area contributed by atoms with Gasteiger partial charge in [0.2, 0.25) is 5.43 Å². The minimum absolute atomic E-state index is 0.116. The Labute approximate surface area is 142 Å². The van der Waals surface area contributed by atoms with Crippen LogP contribution in [0.4, 0.5) is 0 Å².